The first-order valence-electron chi connectivity index (χ1n) is 12.2. The summed E-state index contributed by atoms with van der Waals surface area (Å²) in [6, 6.07) is 24.0. The van der Waals surface area contributed by atoms with E-state index in [1.54, 1.807) is 13.2 Å². The summed E-state index contributed by atoms with van der Waals surface area (Å²) in [7, 11) is -1.48. The minimum Gasteiger partial charge on any atom is -0.507 e. The van der Waals surface area contributed by atoms with Crippen molar-refractivity contribution in [2.45, 2.75) is 43.1 Å². The predicted octanol–water partition coefficient (Wildman–Crippen LogP) is 3.75. The van der Waals surface area contributed by atoms with Gasteiger partial charge in [0.2, 0.25) is 5.78 Å². The number of carbonyl (C=O) groups is 1. The molecule has 2 heterocycles. The van der Waals surface area contributed by atoms with Crippen LogP contribution in [0.1, 0.15) is 42.8 Å². The third kappa shape index (κ3) is 2.91. The average Bonchev–Trinajstić information content (AvgIpc) is 3.40. The summed E-state index contributed by atoms with van der Waals surface area (Å²) in [6.07, 6.45) is -0.639. The number of methoxy groups -OCH3 is 1. The third-order valence-corrected chi connectivity index (χ3v) is 13.0. The molecule has 0 radical (unpaired) electrons. The molecule has 36 heavy (non-hydrogen) atoms. The number of Topliss-reactive ketones (excluding diaryl/α,β-unsaturated/α-hetero) is 1. The van der Waals surface area contributed by atoms with E-state index < -0.39 is 25.6 Å². The highest BCUT2D eigenvalue weighted by Gasteiger charge is 2.84. The lowest BCUT2D eigenvalue weighted by molar-refractivity contribution is 0.00845. The first kappa shape index (κ1) is 23.4. The minimum atomic E-state index is -3.03. The van der Waals surface area contributed by atoms with Crippen molar-refractivity contribution in [2.75, 3.05) is 20.3 Å². The van der Waals surface area contributed by atoms with E-state index in [1.807, 2.05) is 36.4 Å². The van der Waals surface area contributed by atoms with Crippen LogP contribution in [0.4, 0.5) is 0 Å². The van der Waals surface area contributed by atoms with Crippen molar-refractivity contribution in [3.63, 3.8) is 0 Å². The highest BCUT2D eigenvalue weighted by Crippen LogP contribution is 2.67. The number of hydrogen-bond donors (Lipinski definition) is 1. The standard InChI is InChI=1S/C29H30O6Si/c1-27(2,3)36(20-11-7-5-8-12-20,21-13-9-6-10-14-21)34-26-22-15-19(32-4)16-23(30)24(22)25(31)28-17-33-18-29(26,28)35-28/h5-16,26,30H,17-18H2,1-4H3/t26-,28-,29+/m1/s1. The van der Waals surface area contributed by atoms with Crippen molar-refractivity contribution in [3.8, 4) is 11.5 Å². The van der Waals surface area contributed by atoms with Crippen LogP contribution in [0.5, 0.6) is 11.5 Å². The van der Waals surface area contributed by atoms with E-state index in [1.165, 1.54) is 6.07 Å². The van der Waals surface area contributed by atoms with Gasteiger partial charge in [-0.25, -0.2) is 0 Å². The molecule has 0 saturated carbocycles. The summed E-state index contributed by atoms with van der Waals surface area (Å²) in [6.45, 7) is 7.03. The van der Waals surface area contributed by atoms with Crippen molar-refractivity contribution in [3.05, 3.63) is 83.9 Å². The van der Waals surface area contributed by atoms with Crippen LogP contribution in [0.3, 0.4) is 0 Å². The van der Waals surface area contributed by atoms with Gasteiger partial charge in [0.05, 0.1) is 25.9 Å². The molecule has 2 saturated heterocycles. The maximum atomic E-state index is 13.7. The largest absolute Gasteiger partial charge is 0.507 e. The molecule has 0 bridgehead atoms. The summed E-state index contributed by atoms with van der Waals surface area (Å²) < 4.78 is 25.2. The van der Waals surface area contributed by atoms with Crippen molar-refractivity contribution >= 4 is 24.5 Å². The number of carbonyl (C=O) groups excluding carboxylic acids is 1. The molecule has 6 nitrogen and oxygen atoms in total. The Morgan fingerprint density at radius 2 is 1.58 bits per heavy atom. The molecule has 3 aromatic rings. The van der Waals surface area contributed by atoms with Gasteiger partial charge in [-0.15, -0.1) is 0 Å². The van der Waals surface area contributed by atoms with Gasteiger partial charge in [0.15, 0.2) is 11.2 Å². The summed E-state index contributed by atoms with van der Waals surface area (Å²) in [5, 5.41) is 12.9. The quantitative estimate of drug-likeness (QED) is 0.423. The number of epoxide rings is 1. The maximum Gasteiger partial charge on any atom is 0.262 e. The van der Waals surface area contributed by atoms with Gasteiger partial charge in [0.1, 0.15) is 17.6 Å². The first-order valence-corrected chi connectivity index (χ1v) is 14.1. The Morgan fingerprint density at radius 1 is 0.972 bits per heavy atom. The lowest BCUT2D eigenvalue weighted by atomic mass is 9.74. The Labute approximate surface area is 211 Å². The number of ether oxygens (including phenoxy) is 3. The molecule has 7 heteroatoms. The van der Waals surface area contributed by atoms with Crippen LogP contribution in [0.2, 0.25) is 5.04 Å². The average molecular weight is 503 g/mol. The molecule has 1 aliphatic carbocycles. The summed E-state index contributed by atoms with van der Waals surface area (Å²) >= 11 is 0. The third-order valence-electron chi connectivity index (χ3n) is 7.99. The van der Waals surface area contributed by atoms with Crippen LogP contribution in [-0.2, 0) is 13.9 Å². The Morgan fingerprint density at radius 3 is 2.14 bits per heavy atom. The van der Waals surface area contributed by atoms with Crippen molar-refractivity contribution in [1.29, 1.82) is 0 Å². The number of aromatic hydroxyl groups is 1. The Kier molecular flexibility index (Phi) is 5.05. The zero-order valence-corrected chi connectivity index (χ0v) is 21.9. The number of fused-ring (bicyclic) bond motifs is 1. The highest BCUT2D eigenvalue weighted by molar-refractivity contribution is 6.99. The molecule has 1 N–H and O–H groups in total. The van der Waals surface area contributed by atoms with E-state index in [2.05, 4.69) is 45.0 Å². The molecule has 0 aromatic heterocycles. The summed E-state index contributed by atoms with van der Waals surface area (Å²) in [5.74, 6) is 0.0757. The van der Waals surface area contributed by atoms with E-state index in [0.717, 1.165) is 10.4 Å². The number of rotatable bonds is 5. The number of benzene rings is 3. The van der Waals surface area contributed by atoms with E-state index >= 15 is 0 Å². The molecule has 3 aromatic carbocycles. The van der Waals surface area contributed by atoms with Gasteiger partial charge < -0.3 is 23.7 Å². The van der Waals surface area contributed by atoms with Crippen LogP contribution in [0.25, 0.3) is 0 Å². The van der Waals surface area contributed by atoms with Gasteiger partial charge >= 0.3 is 0 Å². The van der Waals surface area contributed by atoms with Gasteiger partial charge in [-0.2, -0.15) is 0 Å². The topological polar surface area (TPSA) is 77.5 Å². The molecule has 6 rings (SSSR count). The molecule has 2 fully saturated rings. The fourth-order valence-corrected chi connectivity index (χ4v) is 10.9. The summed E-state index contributed by atoms with van der Waals surface area (Å²) in [5.41, 5.74) is -1.26. The lowest BCUT2D eigenvalue weighted by Gasteiger charge is -2.47. The number of phenolic OH excluding ortho intramolecular Hbond substituents is 1. The number of phenols is 1. The second-order valence-electron chi connectivity index (χ2n) is 10.9. The molecular weight excluding hydrogens is 472 g/mol. The van der Waals surface area contributed by atoms with Crippen LogP contribution in [-0.4, -0.2) is 50.7 Å². The first-order chi connectivity index (χ1) is 17.2. The van der Waals surface area contributed by atoms with Gasteiger partial charge in [-0.05, 0) is 21.5 Å². The Bertz CT molecular complexity index is 1300. The van der Waals surface area contributed by atoms with Crippen molar-refractivity contribution < 1.29 is 28.5 Å². The zero-order valence-electron chi connectivity index (χ0n) is 20.9. The second kappa shape index (κ2) is 7.76. The predicted molar refractivity (Wildman–Crippen MR) is 138 cm³/mol. The van der Waals surface area contributed by atoms with Gasteiger partial charge in [-0.1, -0.05) is 81.4 Å². The Hall–Kier alpha value is -2.97. The fourth-order valence-electron chi connectivity index (χ4n) is 6.25. The van der Waals surface area contributed by atoms with E-state index in [-0.39, 0.29) is 35.3 Å². The van der Waals surface area contributed by atoms with Crippen LogP contribution in [0.15, 0.2) is 72.8 Å². The zero-order chi connectivity index (χ0) is 25.3. The second-order valence-corrected chi connectivity index (χ2v) is 15.2. The highest BCUT2D eigenvalue weighted by atomic mass is 28.4. The van der Waals surface area contributed by atoms with E-state index in [4.69, 9.17) is 18.6 Å². The van der Waals surface area contributed by atoms with Crippen LogP contribution >= 0.6 is 0 Å². The monoisotopic (exact) mass is 502 g/mol. The Balaban J connectivity index is 1.63. The minimum absolute atomic E-state index is 0.129. The maximum absolute atomic E-state index is 13.7. The molecule has 3 atom stereocenters. The van der Waals surface area contributed by atoms with E-state index in [9.17, 15) is 9.90 Å². The molecule has 186 valence electrons. The van der Waals surface area contributed by atoms with Gasteiger partial charge in [0, 0.05) is 11.6 Å². The van der Waals surface area contributed by atoms with Crippen molar-refractivity contribution in [2.24, 2.45) is 0 Å². The molecule has 0 unspecified atom stereocenters. The van der Waals surface area contributed by atoms with Gasteiger partial charge in [0.25, 0.3) is 8.32 Å². The summed E-state index contributed by atoms with van der Waals surface area (Å²) in [4.78, 5) is 13.7. The molecule has 0 spiro atoms. The molecule has 3 aliphatic rings. The molecule has 0 amide bonds. The normalized spacial score (nSPS) is 26.7. The lowest BCUT2D eigenvalue weighted by Crippen LogP contribution is -2.68. The number of hydrogen-bond acceptors (Lipinski definition) is 6. The number of ketones is 1. The smallest absolute Gasteiger partial charge is 0.262 e. The SMILES string of the molecule is COc1cc(O)c2c(c1)[C@@H](O[Si](c1ccccc1)(c1ccccc1)C(C)(C)C)[C@@]13COC[C@@]1(O3)C2=O. The van der Waals surface area contributed by atoms with Crippen molar-refractivity contribution in [1.82, 2.24) is 0 Å². The molecule has 2 aliphatic heterocycles. The van der Waals surface area contributed by atoms with Crippen LogP contribution < -0.4 is 15.1 Å². The molecular formula is C29H30O6Si. The van der Waals surface area contributed by atoms with Gasteiger partial charge in [-0.3, -0.25) is 4.79 Å². The van der Waals surface area contributed by atoms with E-state index in [0.29, 0.717) is 11.3 Å². The van der Waals surface area contributed by atoms with Crippen LogP contribution in [0, 0.1) is 0 Å². The fraction of sp³-hybridized carbons (Fsp3) is 0.345.